The molecule has 0 amide bonds. The van der Waals surface area contributed by atoms with Crippen molar-refractivity contribution in [1.82, 2.24) is 0 Å². The molecule has 19 heavy (non-hydrogen) atoms. The Bertz CT molecular complexity index is 414. The molecule has 4 nitrogen and oxygen atoms in total. The largest absolute Gasteiger partial charge is 0.390 e. The highest BCUT2D eigenvalue weighted by Crippen LogP contribution is 2.32. The van der Waals surface area contributed by atoms with Crippen LogP contribution in [0.3, 0.4) is 0 Å². The van der Waals surface area contributed by atoms with Crippen LogP contribution in [0, 0.1) is 0 Å². The Morgan fingerprint density at radius 2 is 1.95 bits per heavy atom. The van der Waals surface area contributed by atoms with Gasteiger partial charge in [-0.25, -0.2) is 0 Å². The van der Waals surface area contributed by atoms with E-state index in [1.54, 1.807) is 0 Å². The number of rotatable bonds is 3. The Balaban J connectivity index is 2.89. The van der Waals surface area contributed by atoms with Crippen LogP contribution in [-0.4, -0.2) is 38.9 Å². The summed E-state index contributed by atoms with van der Waals surface area (Å²) in [4.78, 5) is 12.0. The van der Waals surface area contributed by atoms with Crippen LogP contribution in [0.2, 0.25) is 0 Å². The molecule has 0 heterocycles. The fourth-order valence-corrected chi connectivity index (χ4v) is 2.23. The number of ketones is 1. The van der Waals surface area contributed by atoms with Crippen LogP contribution >= 0.6 is 0 Å². The van der Waals surface area contributed by atoms with Gasteiger partial charge in [0.15, 0.2) is 5.78 Å². The second-order valence-electron chi connectivity index (χ2n) is 5.79. The summed E-state index contributed by atoms with van der Waals surface area (Å²) >= 11 is 0. The topological polar surface area (TPSA) is 77.8 Å². The molecule has 1 rings (SSSR count). The van der Waals surface area contributed by atoms with Crippen molar-refractivity contribution in [3.8, 4) is 0 Å². The molecule has 1 fully saturated rings. The highest BCUT2D eigenvalue weighted by atomic mass is 16.4. The summed E-state index contributed by atoms with van der Waals surface area (Å²) in [6.07, 6.45) is 1.06. The summed E-state index contributed by atoms with van der Waals surface area (Å²) in [7, 11) is 0. The molecule has 0 aromatic heterocycles. The van der Waals surface area contributed by atoms with E-state index in [0.717, 1.165) is 12.0 Å². The van der Waals surface area contributed by atoms with Crippen LogP contribution in [-0.2, 0) is 4.79 Å². The van der Waals surface area contributed by atoms with Crippen molar-refractivity contribution in [1.29, 1.82) is 0 Å². The van der Waals surface area contributed by atoms with E-state index >= 15 is 0 Å². The first-order valence-electron chi connectivity index (χ1n) is 6.62. The number of hydrogen-bond donors (Lipinski definition) is 3. The number of aliphatic hydroxyl groups excluding tert-OH is 2. The molecule has 1 saturated carbocycles. The number of hydrogen-bond acceptors (Lipinski definition) is 4. The van der Waals surface area contributed by atoms with E-state index in [4.69, 9.17) is 0 Å². The van der Waals surface area contributed by atoms with Crippen molar-refractivity contribution >= 4 is 5.78 Å². The molecule has 3 N–H and O–H groups in total. The van der Waals surface area contributed by atoms with Gasteiger partial charge in [0.2, 0.25) is 0 Å². The molecule has 0 bridgehead atoms. The van der Waals surface area contributed by atoms with E-state index in [-0.39, 0.29) is 6.42 Å². The fourth-order valence-electron chi connectivity index (χ4n) is 2.23. The maximum atomic E-state index is 12.0. The zero-order chi connectivity index (χ0) is 14.8. The van der Waals surface area contributed by atoms with Crippen LogP contribution in [0.5, 0.6) is 0 Å². The maximum Gasteiger partial charge on any atom is 0.190 e. The van der Waals surface area contributed by atoms with Gasteiger partial charge >= 0.3 is 0 Å². The first-order valence-corrected chi connectivity index (χ1v) is 6.62. The molecule has 0 aliphatic heterocycles. The van der Waals surface area contributed by atoms with Gasteiger partial charge in [0.1, 0.15) is 11.7 Å². The molecule has 0 unspecified atom stereocenters. The highest BCUT2D eigenvalue weighted by Gasteiger charge is 2.48. The lowest BCUT2D eigenvalue weighted by Crippen LogP contribution is -2.57. The minimum absolute atomic E-state index is 0.101. The molecule has 108 valence electrons. The lowest BCUT2D eigenvalue weighted by molar-refractivity contribution is -0.164. The SMILES string of the molecule is CC(C)=CCC/C(C)=C1\C[C@@H](O)[C@](C)(O)[C@@H](O)C1=O. The van der Waals surface area contributed by atoms with E-state index in [0.29, 0.717) is 12.0 Å². The van der Waals surface area contributed by atoms with Gasteiger partial charge in [0, 0.05) is 6.42 Å². The summed E-state index contributed by atoms with van der Waals surface area (Å²) in [6, 6.07) is 0. The van der Waals surface area contributed by atoms with Crippen molar-refractivity contribution < 1.29 is 20.1 Å². The monoisotopic (exact) mass is 268 g/mol. The van der Waals surface area contributed by atoms with Gasteiger partial charge in [0.25, 0.3) is 0 Å². The van der Waals surface area contributed by atoms with Gasteiger partial charge in [-0.1, -0.05) is 17.2 Å². The van der Waals surface area contributed by atoms with Crippen molar-refractivity contribution in [3.63, 3.8) is 0 Å². The second-order valence-corrected chi connectivity index (χ2v) is 5.79. The smallest absolute Gasteiger partial charge is 0.190 e. The van der Waals surface area contributed by atoms with Crippen LogP contribution in [0.15, 0.2) is 22.8 Å². The van der Waals surface area contributed by atoms with Crippen molar-refractivity contribution in [2.45, 2.75) is 64.8 Å². The Labute approximate surface area is 114 Å². The number of aliphatic hydroxyl groups is 3. The highest BCUT2D eigenvalue weighted by molar-refractivity contribution is 6.01. The molecule has 0 saturated heterocycles. The predicted octanol–water partition coefficient (Wildman–Crippen LogP) is 1.49. The number of Topliss-reactive ketones (excluding diaryl/α,β-unsaturated/α-hetero) is 1. The number of carbonyl (C=O) groups is 1. The lowest BCUT2D eigenvalue weighted by atomic mass is 9.76. The molecule has 0 radical (unpaired) electrons. The minimum atomic E-state index is -1.76. The zero-order valence-electron chi connectivity index (χ0n) is 12.1. The van der Waals surface area contributed by atoms with Gasteiger partial charge in [-0.05, 0) is 46.1 Å². The quantitative estimate of drug-likeness (QED) is 0.535. The van der Waals surface area contributed by atoms with Gasteiger partial charge in [-0.2, -0.15) is 0 Å². The molecule has 0 aromatic carbocycles. The number of carbonyl (C=O) groups excluding carboxylic acids is 1. The molecular weight excluding hydrogens is 244 g/mol. The average Bonchev–Trinajstić information content (AvgIpc) is 2.31. The fraction of sp³-hybridized carbons (Fsp3) is 0.667. The molecule has 1 aliphatic carbocycles. The van der Waals surface area contributed by atoms with E-state index in [9.17, 15) is 20.1 Å². The maximum absolute atomic E-state index is 12.0. The molecule has 4 heteroatoms. The van der Waals surface area contributed by atoms with Crippen molar-refractivity contribution in [2.24, 2.45) is 0 Å². The van der Waals surface area contributed by atoms with E-state index in [1.165, 1.54) is 12.5 Å². The lowest BCUT2D eigenvalue weighted by Gasteiger charge is -2.38. The predicted molar refractivity (Wildman–Crippen MR) is 73.6 cm³/mol. The zero-order valence-corrected chi connectivity index (χ0v) is 12.1. The van der Waals surface area contributed by atoms with Crippen LogP contribution < -0.4 is 0 Å². The van der Waals surface area contributed by atoms with E-state index in [2.05, 4.69) is 6.08 Å². The summed E-state index contributed by atoms with van der Waals surface area (Å²) in [5, 5.41) is 29.5. The standard InChI is InChI=1S/C15H24O4/c1-9(2)6-5-7-10(3)11-8-12(16)15(4,19)14(18)13(11)17/h6,12,14,16,18-19H,5,7-8H2,1-4H3/b11-10+/t12-,14+,15+/m1/s1. The van der Waals surface area contributed by atoms with E-state index in [1.807, 2.05) is 20.8 Å². The van der Waals surface area contributed by atoms with E-state index < -0.39 is 23.6 Å². The van der Waals surface area contributed by atoms with Crippen molar-refractivity contribution in [3.05, 3.63) is 22.8 Å². The first-order chi connectivity index (χ1) is 8.67. The van der Waals surface area contributed by atoms with Crippen LogP contribution in [0.4, 0.5) is 0 Å². The molecule has 0 aromatic rings. The minimum Gasteiger partial charge on any atom is -0.390 e. The average molecular weight is 268 g/mol. The molecule has 1 aliphatic rings. The summed E-state index contributed by atoms with van der Waals surface area (Å²) in [5.74, 6) is -0.468. The normalized spacial score (nSPS) is 34.2. The Hall–Kier alpha value is -0.970. The second kappa shape index (κ2) is 5.99. The number of allylic oxidation sites excluding steroid dienone is 3. The van der Waals surface area contributed by atoms with Crippen LogP contribution in [0.25, 0.3) is 0 Å². The third-order valence-electron chi connectivity index (χ3n) is 3.76. The molecule has 3 atom stereocenters. The first kappa shape index (κ1) is 16.1. The van der Waals surface area contributed by atoms with Gasteiger partial charge in [0.05, 0.1) is 6.10 Å². The van der Waals surface area contributed by atoms with Gasteiger partial charge < -0.3 is 15.3 Å². The Morgan fingerprint density at radius 3 is 2.47 bits per heavy atom. The van der Waals surface area contributed by atoms with Gasteiger partial charge in [-0.15, -0.1) is 0 Å². The summed E-state index contributed by atoms with van der Waals surface area (Å²) in [6.45, 7) is 7.15. The third-order valence-corrected chi connectivity index (χ3v) is 3.76. The van der Waals surface area contributed by atoms with Crippen LogP contribution in [0.1, 0.15) is 47.0 Å². The molecule has 0 spiro atoms. The van der Waals surface area contributed by atoms with Gasteiger partial charge in [-0.3, -0.25) is 4.79 Å². The summed E-state index contributed by atoms with van der Waals surface area (Å²) < 4.78 is 0. The summed E-state index contributed by atoms with van der Waals surface area (Å²) in [5.41, 5.74) is 0.779. The molecular formula is C15H24O4. The van der Waals surface area contributed by atoms with Crippen molar-refractivity contribution in [2.75, 3.05) is 0 Å². The Kier molecular flexibility index (Phi) is 5.07. The Morgan fingerprint density at radius 1 is 1.37 bits per heavy atom. The third kappa shape index (κ3) is 3.53.